The molecule has 1 aliphatic rings. The van der Waals surface area contributed by atoms with Crippen molar-refractivity contribution in [3.63, 3.8) is 0 Å². The van der Waals surface area contributed by atoms with Gasteiger partial charge in [0, 0.05) is 31.3 Å². The Kier molecular flexibility index (Phi) is 6.92. The Morgan fingerprint density at radius 1 is 1.32 bits per heavy atom. The molecule has 3 rings (SSSR count). The standard InChI is InChI=1S/C21H31N5O2/c1-5-22-21(23-13-18-12-17-8-6-7-9-20(17)28-18)24-14-19-15(2)25-26(16(19)3)10-11-27-4/h6-9,18H,5,10-14H2,1-4H3,(H2,22,23,24). The minimum absolute atomic E-state index is 0.126. The molecular weight excluding hydrogens is 354 g/mol. The van der Waals surface area contributed by atoms with Gasteiger partial charge in [0.05, 0.1) is 31.9 Å². The minimum Gasteiger partial charge on any atom is -0.488 e. The molecule has 7 nitrogen and oxygen atoms in total. The maximum absolute atomic E-state index is 6.01. The van der Waals surface area contributed by atoms with Crippen molar-refractivity contribution in [2.75, 3.05) is 26.8 Å². The lowest BCUT2D eigenvalue weighted by Gasteiger charge is -2.15. The Morgan fingerprint density at radius 2 is 2.14 bits per heavy atom. The first-order valence-electron chi connectivity index (χ1n) is 9.91. The van der Waals surface area contributed by atoms with Crippen molar-refractivity contribution in [3.05, 3.63) is 46.8 Å². The van der Waals surface area contributed by atoms with Gasteiger partial charge in [-0.05, 0) is 32.4 Å². The maximum atomic E-state index is 6.01. The monoisotopic (exact) mass is 385 g/mol. The van der Waals surface area contributed by atoms with Crippen molar-refractivity contribution in [1.29, 1.82) is 0 Å². The summed E-state index contributed by atoms with van der Waals surface area (Å²) in [5, 5.41) is 11.3. The minimum atomic E-state index is 0.126. The summed E-state index contributed by atoms with van der Waals surface area (Å²) in [5.41, 5.74) is 4.59. The van der Waals surface area contributed by atoms with Gasteiger partial charge in [-0.3, -0.25) is 4.68 Å². The average molecular weight is 386 g/mol. The molecular formula is C21H31N5O2. The highest BCUT2D eigenvalue weighted by Gasteiger charge is 2.22. The van der Waals surface area contributed by atoms with Crippen molar-refractivity contribution in [2.45, 2.75) is 46.4 Å². The molecule has 2 heterocycles. The summed E-state index contributed by atoms with van der Waals surface area (Å²) in [4.78, 5) is 4.76. The fraction of sp³-hybridized carbons (Fsp3) is 0.524. The molecule has 1 aliphatic heterocycles. The molecule has 28 heavy (non-hydrogen) atoms. The van der Waals surface area contributed by atoms with Crippen LogP contribution in [-0.2, 0) is 24.2 Å². The third-order valence-electron chi connectivity index (χ3n) is 4.99. The number of aromatic nitrogens is 2. The molecule has 1 aromatic carbocycles. The van der Waals surface area contributed by atoms with E-state index in [-0.39, 0.29) is 6.10 Å². The molecule has 2 aromatic rings. The van der Waals surface area contributed by atoms with E-state index in [1.165, 1.54) is 5.56 Å². The zero-order valence-corrected chi connectivity index (χ0v) is 17.3. The smallest absolute Gasteiger partial charge is 0.191 e. The van der Waals surface area contributed by atoms with E-state index >= 15 is 0 Å². The number of hydrogen-bond donors (Lipinski definition) is 2. The average Bonchev–Trinajstić information content (AvgIpc) is 3.23. The number of nitrogens with one attached hydrogen (secondary N) is 2. The molecule has 1 aromatic heterocycles. The molecule has 1 atom stereocenters. The third-order valence-corrected chi connectivity index (χ3v) is 4.99. The van der Waals surface area contributed by atoms with E-state index < -0.39 is 0 Å². The third kappa shape index (κ3) is 4.84. The summed E-state index contributed by atoms with van der Waals surface area (Å²) in [6, 6.07) is 8.22. The van der Waals surface area contributed by atoms with Gasteiger partial charge in [-0.2, -0.15) is 5.10 Å². The van der Waals surface area contributed by atoms with Crippen LogP contribution in [0.1, 0.15) is 29.4 Å². The second-order valence-corrected chi connectivity index (χ2v) is 6.99. The predicted molar refractivity (Wildman–Crippen MR) is 111 cm³/mol. The zero-order chi connectivity index (χ0) is 19.9. The number of methoxy groups -OCH3 is 1. The summed E-state index contributed by atoms with van der Waals surface area (Å²) in [6.45, 7) is 9.71. The van der Waals surface area contributed by atoms with Crippen LogP contribution in [0.4, 0.5) is 0 Å². The van der Waals surface area contributed by atoms with E-state index in [1.807, 2.05) is 23.7 Å². The lowest BCUT2D eigenvalue weighted by Crippen LogP contribution is -2.42. The molecule has 0 saturated carbocycles. The van der Waals surface area contributed by atoms with Crippen LogP contribution >= 0.6 is 0 Å². The van der Waals surface area contributed by atoms with Crippen LogP contribution in [0.5, 0.6) is 5.75 Å². The SMILES string of the molecule is CCNC(=NCc1c(C)nn(CCOC)c1C)NCC1Cc2ccccc2O1. The predicted octanol–water partition coefficient (Wildman–Crippen LogP) is 2.21. The van der Waals surface area contributed by atoms with Crippen LogP contribution in [0.2, 0.25) is 0 Å². The van der Waals surface area contributed by atoms with Crippen molar-refractivity contribution >= 4 is 5.96 Å². The highest BCUT2D eigenvalue weighted by molar-refractivity contribution is 5.79. The lowest BCUT2D eigenvalue weighted by molar-refractivity contribution is 0.182. The molecule has 0 bridgehead atoms. The Bertz CT molecular complexity index is 790. The number of fused-ring (bicyclic) bond motifs is 1. The van der Waals surface area contributed by atoms with Gasteiger partial charge in [-0.15, -0.1) is 0 Å². The summed E-state index contributed by atoms with van der Waals surface area (Å²) in [5.74, 6) is 1.79. The second kappa shape index (κ2) is 9.59. The Balaban J connectivity index is 1.60. The van der Waals surface area contributed by atoms with Crippen LogP contribution < -0.4 is 15.4 Å². The summed E-state index contributed by atoms with van der Waals surface area (Å²) in [7, 11) is 1.71. The number of guanidine groups is 1. The molecule has 0 spiro atoms. The maximum Gasteiger partial charge on any atom is 0.191 e. The van der Waals surface area contributed by atoms with Gasteiger partial charge in [0.15, 0.2) is 5.96 Å². The van der Waals surface area contributed by atoms with Crippen LogP contribution in [0.25, 0.3) is 0 Å². The fourth-order valence-electron chi connectivity index (χ4n) is 3.44. The number of benzene rings is 1. The first-order valence-corrected chi connectivity index (χ1v) is 9.91. The van der Waals surface area contributed by atoms with E-state index in [4.69, 9.17) is 14.5 Å². The number of para-hydroxylation sites is 1. The van der Waals surface area contributed by atoms with E-state index in [9.17, 15) is 0 Å². The van der Waals surface area contributed by atoms with E-state index in [0.29, 0.717) is 19.7 Å². The number of hydrogen-bond acceptors (Lipinski definition) is 4. The topological polar surface area (TPSA) is 72.7 Å². The molecule has 0 saturated heterocycles. The quantitative estimate of drug-likeness (QED) is 0.538. The molecule has 0 fully saturated rings. The largest absolute Gasteiger partial charge is 0.488 e. The summed E-state index contributed by atoms with van der Waals surface area (Å²) >= 11 is 0. The van der Waals surface area contributed by atoms with Gasteiger partial charge in [0.1, 0.15) is 11.9 Å². The molecule has 0 radical (unpaired) electrons. The van der Waals surface area contributed by atoms with Gasteiger partial charge in [-0.1, -0.05) is 18.2 Å². The van der Waals surface area contributed by atoms with Crippen molar-refractivity contribution < 1.29 is 9.47 Å². The Labute approximate surface area is 167 Å². The molecule has 0 aliphatic carbocycles. The van der Waals surface area contributed by atoms with Crippen molar-refractivity contribution in [1.82, 2.24) is 20.4 Å². The number of ether oxygens (including phenoxy) is 2. The van der Waals surface area contributed by atoms with Gasteiger partial charge < -0.3 is 20.1 Å². The number of nitrogens with zero attached hydrogens (tertiary/aromatic N) is 3. The number of aliphatic imine (C=N–C) groups is 1. The van der Waals surface area contributed by atoms with Crippen LogP contribution in [0.15, 0.2) is 29.3 Å². The van der Waals surface area contributed by atoms with E-state index in [0.717, 1.165) is 48.2 Å². The second-order valence-electron chi connectivity index (χ2n) is 6.99. The van der Waals surface area contributed by atoms with Crippen LogP contribution in [-0.4, -0.2) is 48.7 Å². The molecule has 152 valence electrons. The van der Waals surface area contributed by atoms with E-state index in [1.54, 1.807) is 7.11 Å². The number of rotatable bonds is 8. The normalized spacial score (nSPS) is 16.0. The highest BCUT2D eigenvalue weighted by Crippen LogP contribution is 2.27. The van der Waals surface area contributed by atoms with E-state index in [2.05, 4.69) is 41.7 Å². The molecule has 7 heteroatoms. The van der Waals surface area contributed by atoms with Crippen LogP contribution in [0, 0.1) is 13.8 Å². The Hall–Kier alpha value is -2.54. The molecule has 1 unspecified atom stereocenters. The van der Waals surface area contributed by atoms with Gasteiger partial charge >= 0.3 is 0 Å². The van der Waals surface area contributed by atoms with Gasteiger partial charge in [0.2, 0.25) is 0 Å². The molecule has 0 amide bonds. The van der Waals surface area contributed by atoms with Crippen molar-refractivity contribution in [2.24, 2.45) is 4.99 Å². The zero-order valence-electron chi connectivity index (χ0n) is 17.3. The first-order chi connectivity index (χ1) is 13.6. The first kappa shape index (κ1) is 20.2. The summed E-state index contributed by atoms with van der Waals surface area (Å²) < 4.78 is 13.2. The Morgan fingerprint density at radius 3 is 2.89 bits per heavy atom. The number of aryl methyl sites for hydroxylation is 1. The fourth-order valence-corrected chi connectivity index (χ4v) is 3.44. The van der Waals surface area contributed by atoms with Crippen molar-refractivity contribution in [3.8, 4) is 5.75 Å². The van der Waals surface area contributed by atoms with Crippen LogP contribution in [0.3, 0.4) is 0 Å². The summed E-state index contributed by atoms with van der Waals surface area (Å²) in [6.07, 6.45) is 1.05. The van der Waals surface area contributed by atoms with Gasteiger partial charge in [-0.25, -0.2) is 4.99 Å². The molecule has 2 N–H and O–H groups in total. The lowest BCUT2D eigenvalue weighted by atomic mass is 10.1. The highest BCUT2D eigenvalue weighted by atomic mass is 16.5. The van der Waals surface area contributed by atoms with Gasteiger partial charge in [0.25, 0.3) is 0 Å².